The summed E-state index contributed by atoms with van der Waals surface area (Å²) in [7, 11) is 0. The summed E-state index contributed by atoms with van der Waals surface area (Å²) in [5.74, 6) is -0.713. The SMILES string of the molecule is N#C/C(=C/Nc1cc(C(F)(F)F)cc(C(F)(F)F)c1)C(=O)NC1CCCCCCCCCCC1. The van der Waals surface area contributed by atoms with Gasteiger partial charge in [0.2, 0.25) is 0 Å². The van der Waals surface area contributed by atoms with Gasteiger partial charge in [-0.05, 0) is 31.0 Å². The predicted octanol–water partition coefficient (Wildman–Crippen LogP) is 7.33. The van der Waals surface area contributed by atoms with E-state index >= 15 is 0 Å². The molecule has 4 nitrogen and oxygen atoms in total. The standard InChI is InChI=1S/C24H29F6N3O/c25-23(26,27)18-12-19(24(28,29)30)14-21(13-18)32-16-17(15-31)22(34)33-20-10-8-6-4-2-1-3-5-7-9-11-20/h12-14,16,20,32H,1-11H2,(H,33,34)/b17-16-. The van der Waals surface area contributed by atoms with Gasteiger partial charge in [0.25, 0.3) is 5.91 Å². The van der Waals surface area contributed by atoms with E-state index in [-0.39, 0.29) is 12.1 Å². The summed E-state index contributed by atoms with van der Waals surface area (Å²) in [4.78, 5) is 12.6. The number of anilines is 1. The highest BCUT2D eigenvalue weighted by atomic mass is 19.4. The van der Waals surface area contributed by atoms with Crippen LogP contribution in [0, 0.1) is 11.3 Å². The summed E-state index contributed by atoms with van der Waals surface area (Å²) in [6.45, 7) is 0. The van der Waals surface area contributed by atoms with Crippen molar-refractivity contribution >= 4 is 11.6 Å². The normalized spacial score (nSPS) is 17.7. The second kappa shape index (κ2) is 12.7. The van der Waals surface area contributed by atoms with Crippen molar-refractivity contribution in [1.82, 2.24) is 5.32 Å². The lowest BCUT2D eigenvalue weighted by Crippen LogP contribution is -2.35. The Hall–Kier alpha value is -2.70. The molecule has 1 aromatic rings. The molecule has 1 amide bonds. The van der Waals surface area contributed by atoms with Gasteiger partial charge in [-0.15, -0.1) is 0 Å². The van der Waals surface area contributed by atoms with Gasteiger partial charge in [0.05, 0.1) is 11.1 Å². The van der Waals surface area contributed by atoms with Gasteiger partial charge in [-0.3, -0.25) is 4.79 Å². The Labute approximate surface area is 195 Å². The highest BCUT2D eigenvalue weighted by Crippen LogP contribution is 2.37. The van der Waals surface area contributed by atoms with Gasteiger partial charge in [-0.25, -0.2) is 0 Å². The number of hydrogen-bond donors (Lipinski definition) is 2. The molecule has 1 aliphatic rings. The quantitative estimate of drug-likeness (QED) is 0.264. The number of rotatable bonds is 4. The molecule has 1 aliphatic carbocycles. The Kier molecular flexibility index (Phi) is 10.3. The van der Waals surface area contributed by atoms with Gasteiger partial charge >= 0.3 is 12.4 Å². The fourth-order valence-corrected chi connectivity index (χ4v) is 3.91. The summed E-state index contributed by atoms with van der Waals surface area (Å²) in [6.07, 6.45) is 2.17. The molecule has 0 aliphatic heterocycles. The number of alkyl halides is 6. The summed E-state index contributed by atoms with van der Waals surface area (Å²) in [5, 5.41) is 14.4. The number of nitrogens with one attached hydrogen (secondary N) is 2. The molecule has 0 heterocycles. The Bertz CT molecular complexity index is 842. The van der Waals surface area contributed by atoms with E-state index in [9.17, 15) is 36.4 Å². The summed E-state index contributed by atoms with van der Waals surface area (Å²) >= 11 is 0. The third kappa shape index (κ3) is 9.27. The summed E-state index contributed by atoms with van der Waals surface area (Å²) in [6, 6.07) is 2.51. The van der Waals surface area contributed by atoms with E-state index < -0.39 is 40.6 Å². The Morgan fingerprint density at radius 1 is 0.824 bits per heavy atom. The highest BCUT2D eigenvalue weighted by Gasteiger charge is 2.36. The van der Waals surface area contributed by atoms with E-state index in [2.05, 4.69) is 10.6 Å². The third-order valence-corrected chi connectivity index (χ3v) is 5.78. The van der Waals surface area contributed by atoms with Crippen LogP contribution in [0.25, 0.3) is 0 Å². The maximum absolute atomic E-state index is 13.0. The Balaban J connectivity index is 2.12. The number of halogens is 6. The zero-order valence-electron chi connectivity index (χ0n) is 18.8. The van der Waals surface area contributed by atoms with Crippen LogP contribution < -0.4 is 10.6 Å². The van der Waals surface area contributed by atoms with Crippen molar-refractivity contribution in [3.63, 3.8) is 0 Å². The summed E-state index contributed by atoms with van der Waals surface area (Å²) < 4.78 is 78.2. The molecular weight excluding hydrogens is 460 g/mol. The van der Waals surface area contributed by atoms with Gasteiger partial charge < -0.3 is 10.6 Å². The molecule has 0 bridgehead atoms. The van der Waals surface area contributed by atoms with Crippen molar-refractivity contribution in [3.05, 3.63) is 41.1 Å². The van der Waals surface area contributed by atoms with E-state index in [0.29, 0.717) is 12.1 Å². The Morgan fingerprint density at radius 2 is 1.26 bits per heavy atom. The van der Waals surface area contributed by atoms with Gasteiger partial charge in [0.15, 0.2) is 0 Å². The number of nitrogens with zero attached hydrogens (tertiary/aromatic N) is 1. The first kappa shape index (κ1) is 27.5. The van der Waals surface area contributed by atoms with Crippen molar-refractivity contribution in [2.75, 3.05) is 5.32 Å². The molecule has 1 fully saturated rings. The lowest BCUT2D eigenvalue weighted by atomic mass is 9.98. The number of amides is 1. The number of carbonyl (C=O) groups is 1. The van der Waals surface area contributed by atoms with Crippen LogP contribution in [0.4, 0.5) is 32.0 Å². The summed E-state index contributed by atoms with van der Waals surface area (Å²) in [5.41, 5.74) is -3.95. The molecule has 0 saturated heterocycles. The van der Waals surface area contributed by atoms with Crippen LogP contribution in [0.15, 0.2) is 30.0 Å². The van der Waals surface area contributed by atoms with Crippen LogP contribution in [0.1, 0.15) is 81.8 Å². The number of nitriles is 1. The average molecular weight is 490 g/mol. The second-order valence-electron chi connectivity index (χ2n) is 8.54. The zero-order valence-corrected chi connectivity index (χ0v) is 18.8. The highest BCUT2D eigenvalue weighted by molar-refractivity contribution is 5.97. The Morgan fingerprint density at radius 3 is 1.68 bits per heavy atom. The van der Waals surface area contributed by atoms with Crippen molar-refractivity contribution < 1.29 is 31.1 Å². The lowest BCUT2D eigenvalue weighted by Gasteiger charge is -2.19. The minimum atomic E-state index is -5.00. The smallest absolute Gasteiger partial charge is 0.360 e. The van der Waals surface area contributed by atoms with Crippen LogP contribution in [-0.2, 0) is 17.1 Å². The van der Waals surface area contributed by atoms with Crippen molar-refractivity contribution in [3.8, 4) is 6.07 Å². The molecular formula is C24H29F6N3O. The largest absolute Gasteiger partial charge is 0.416 e. The average Bonchev–Trinajstić information content (AvgIpc) is 2.74. The first-order valence-corrected chi connectivity index (χ1v) is 11.5. The number of benzene rings is 1. The number of carbonyl (C=O) groups excluding carboxylic acids is 1. The molecule has 0 aromatic heterocycles. The third-order valence-electron chi connectivity index (χ3n) is 5.78. The molecule has 34 heavy (non-hydrogen) atoms. The van der Waals surface area contributed by atoms with Crippen molar-refractivity contribution in [1.29, 1.82) is 5.26 Å². The predicted molar refractivity (Wildman–Crippen MR) is 116 cm³/mol. The van der Waals surface area contributed by atoms with Gasteiger partial charge in [-0.1, -0.05) is 57.8 Å². The molecule has 1 saturated carbocycles. The molecule has 2 N–H and O–H groups in total. The molecule has 0 atom stereocenters. The lowest BCUT2D eigenvalue weighted by molar-refractivity contribution is -0.143. The molecule has 10 heteroatoms. The van der Waals surface area contributed by atoms with Gasteiger partial charge in [-0.2, -0.15) is 31.6 Å². The van der Waals surface area contributed by atoms with E-state index in [1.54, 1.807) is 6.07 Å². The molecule has 0 spiro atoms. The second-order valence-corrected chi connectivity index (χ2v) is 8.54. The van der Waals surface area contributed by atoms with E-state index in [1.165, 1.54) is 19.3 Å². The molecule has 1 aromatic carbocycles. The minimum absolute atomic E-state index is 0.0104. The van der Waals surface area contributed by atoms with E-state index in [0.717, 1.165) is 57.6 Å². The fourth-order valence-electron chi connectivity index (χ4n) is 3.91. The first-order chi connectivity index (χ1) is 16.0. The fraction of sp³-hybridized carbons (Fsp3) is 0.583. The van der Waals surface area contributed by atoms with Gasteiger partial charge in [0, 0.05) is 17.9 Å². The van der Waals surface area contributed by atoms with Crippen LogP contribution in [0.3, 0.4) is 0 Å². The zero-order chi connectivity index (χ0) is 25.2. The van der Waals surface area contributed by atoms with Crippen LogP contribution in [0.5, 0.6) is 0 Å². The van der Waals surface area contributed by atoms with Crippen LogP contribution in [0.2, 0.25) is 0 Å². The van der Waals surface area contributed by atoms with Crippen molar-refractivity contribution in [2.24, 2.45) is 0 Å². The molecule has 0 unspecified atom stereocenters. The molecule has 2 rings (SSSR count). The van der Waals surface area contributed by atoms with Crippen LogP contribution >= 0.6 is 0 Å². The van der Waals surface area contributed by atoms with E-state index in [4.69, 9.17) is 0 Å². The van der Waals surface area contributed by atoms with Crippen LogP contribution in [-0.4, -0.2) is 11.9 Å². The minimum Gasteiger partial charge on any atom is -0.360 e. The molecule has 188 valence electrons. The monoisotopic (exact) mass is 489 g/mol. The van der Waals surface area contributed by atoms with Gasteiger partial charge in [0.1, 0.15) is 11.6 Å². The molecule has 0 radical (unpaired) electrons. The topological polar surface area (TPSA) is 64.9 Å². The van der Waals surface area contributed by atoms with E-state index in [1.807, 2.05) is 0 Å². The maximum Gasteiger partial charge on any atom is 0.416 e. The first-order valence-electron chi connectivity index (χ1n) is 11.5. The van der Waals surface area contributed by atoms with Crippen molar-refractivity contribution in [2.45, 2.75) is 89.0 Å². The maximum atomic E-state index is 13.0. The number of hydrogen-bond acceptors (Lipinski definition) is 3.